The lowest BCUT2D eigenvalue weighted by Crippen LogP contribution is -2.57. The number of fused-ring (bicyclic) bond motifs is 3. The smallest absolute Gasteiger partial charge is 0.298 e. The number of methoxy groups -OCH3 is 1. The van der Waals surface area contributed by atoms with Crippen molar-refractivity contribution < 1.29 is 19.1 Å². The number of ketones is 1. The van der Waals surface area contributed by atoms with Gasteiger partial charge in [0.05, 0.1) is 31.2 Å². The lowest BCUT2D eigenvalue weighted by atomic mass is 10.0. The van der Waals surface area contributed by atoms with E-state index < -0.39 is 11.7 Å². The molecule has 1 saturated heterocycles. The van der Waals surface area contributed by atoms with Gasteiger partial charge in [0.15, 0.2) is 5.75 Å². The summed E-state index contributed by atoms with van der Waals surface area (Å²) in [5.74, 6) is 0.676. The first-order chi connectivity index (χ1) is 19.4. The van der Waals surface area contributed by atoms with Crippen LogP contribution in [0.3, 0.4) is 0 Å². The molecule has 10 nitrogen and oxygen atoms in total. The molecule has 2 aliphatic heterocycles. The van der Waals surface area contributed by atoms with Crippen molar-refractivity contribution in [1.82, 2.24) is 14.5 Å². The largest absolute Gasteiger partial charge is 0.494 e. The number of aromatic nitrogens is 3. The van der Waals surface area contributed by atoms with E-state index in [-0.39, 0.29) is 6.04 Å². The van der Waals surface area contributed by atoms with Gasteiger partial charge in [0.2, 0.25) is 5.95 Å². The van der Waals surface area contributed by atoms with Crippen LogP contribution >= 0.6 is 0 Å². The first kappa shape index (κ1) is 25.4. The molecule has 6 rings (SSSR count). The molecule has 2 aromatic carbocycles. The van der Waals surface area contributed by atoms with E-state index in [1.54, 1.807) is 37.2 Å². The van der Waals surface area contributed by atoms with Crippen molar-refractivity contribution in [3.8, 4) is 22.6 Å². The van der Waals surface area contributed by atoms with Crippen LogP contribution in [-0.4, -0.2) is 65.6 Å². The summed E-state index contributed by atoms with van der Waals surface area (Å²) < 4.78 is 13.0. The van der Waals surface area contributed by atoms with Crippen LogP contribution in [0.25, 0.3) is 11.1 Å². The molecule has 1 atom stereocenters. The standard InChI is InChI=1S/C30H30N6O4/c1-19-13-24(20-7-5-4-6-8-20)27(34(19)2)28(37)29(38)33-21-9-10-25-26(14-21)40-18-22-17-35(11-12-36(22)25)30-31-15-23(39-3)16-32-30/h4-10,13-16,22H,11-12,17-18H2,1-3H3,(H,33,38). The van der Waals surface area contributed by atoms with Gasteiger partial charge in [0, 0.05) is 49.7 Å². The van der Waals surface area contributed by atoms with Gasteiger partial charge < -0.3 is 29.2 Å². The van der Waals surface area contributed by atoms with Crippen molar-refractivity contribution in [2.45, 2.75) is 13.0 Å². The second kappa shape index (κ2) is 10.4. The second-order valence-electron chi connectivity index (χ2n) is 9.97. The van der Waals surface area contributed by atoms with Gasteiger partial charge in [-0.25, -0.2) is 9.97 Å². The minimum absolute atomic E-state index is 0.131. The molecule has 2 aromatic heterocycles. The highest BCUT2D eigenvalue weighted by molar-refractivity contribution is 6.47. The number of ether oxygens (including phenoxy) is 2. The second-order valence-corrected chi connectivity index (χ2v) is 9.97. The van der Waals surface area contributed by atoms with Crippen LogP contribution in [-0.2, 0) is 11.8 Å². The van der Waals surface area contributed by atoms with Crippen molar-refractivity contribution in [2.75, 3.05) is 48.5 Å². The number of Topliss-reactive ketones (excluding diaryl/α,β-unsaturated/α-hetero) is 1. The molecule has 0 aliphatic carbocycles. The molecule has 1 N–H and O–H groups in total. The topological polar surface area (TPSA) is 102 Å². The molecule has 0 radical (unpaired) electrons. The number of carbonyl (C=O) groups is 2. The molecule has 1 fully saturated rings. The first-order valence-electron chi connectivity index (χ1n) is 13.1. The Kier molecular flexibility index (Phi) is 6.59. The zero-order valence-corrected chi connectivity index (χ0v) is 22.6. The number of anilines is 3. The minimum atomic E-state index is -0.694. The fourth-order valence-electron chi connectivity index (χ4n) is 5.34. The molecule has 10 heteroatoms. The van der Waals surface area contributed by atoms with Crippen molar-refractivity contribution in [1.29, 1.82) is 0 Å². The molecule has 4 heterocycles. The van der Waals surface area contributed by atoms with E-state index >= 15 is 0 Å². The van der Waals surface area contributed by atoms with Crippen LogP contribution in [0.2, 0.25) is 0 Å². The predicted molar refractivity (Wildman–Crippen MR) is 152 cm³/mol. The van der Waals surface area contributed by atoms with Gasteiger partial charge in [-0.2, -0.15) is 0 Å². The Hall–Kier alpha value is -4.86. The number of carbonyl (C=O) groups excluding carboxylic acids is 2. The highest BCUT2D eigenvalue weighted by Gasteiger charge is 2.34. The van der Waals surface area contributed by atoms with Crippen molar-refractivity contribution in [3.05, 3.63) is 78.4 Å². The van der Waals surface area contributed by atoms with Crippen molar-refractivity contribution in [2.24, 2.45) is 7.05 Å². The van der Waals surface area contributed by atoms with Crippen LogP contribution in [0, 0.1) is 6.92 Å². The van der Waals surface area contributed by atoms with Gasteiger partial charge in [-0.1, -0.05) is 30.3 Å². The molecule has 0 spiro atoms. The number of piperazine rings is 1. The van der Waals surface area contributed by atoms with Crippen molar-refractivity contribution >= 4 is 29.0 Å². The highest BCUT2D eigenvalue weighted by atomic mass is 16.5. The van der Waals surface area contributed by atoms with E-state index in [1.807, 2.05) is 55.5 Å². The molecule has 204 valence electrons. The molecule has 0 bridgehead atoms. The van der Waals surface area contributed by atoms with E-state index in [2.05, 4.69) is 25.1 Å². The number of hydrogen-bond donors (Lipinski definition) is 1. The van der Waals surface area contributed by atoms with Gasteiger partial charge in [-0.05, 0) is 30.7 Å². The van der Waals surface area contributed by atoms with Crippen LogP contribution in [0.15, 0.2) is 67.0 Å². The Bertz CT molecular complexity index is 1570. The Morgan fingerprint density at radius 3 is 2.58 bits per heavy atom. The average Bonchev–Trinajstić information content (AvgIpc) is 3.30. The van der Waals surface area contributed by atoms with Gasteiger partial charge >= 0.3 is 0 Å². The lowest BCUT2D eigenvalue weighted by Gasteiger charge is -2.45. The zero-order chi connectivity index (χ0) is 27.8. The number of rotatable bonds is 6. The highest BCUT2D eigenvalue weighted by Crippen LogP contribution is 2.38. The molecule has 4 aromatic rings. The maximum Gasteiger partial charge on any atom is 0.298 e. The first-order valence-corrected chi connectivity index (χ1v) is 13.1. The summed E-state index contributed by atoms with van der Waals surface area (Å²) in [6, 6.07) is 17.2. The van der Waals surface area contributed by atoms with E-state index in [0.29, 0.717) is 35.4 Å². The number of hydrogen-bond acceptors (Lipinski definition) is 8. The number of amides is 1. The third-order valence-corrected chi connectivity index (χ3v) is 7.55. The maximum atomic E-state index is 13.3. The summed E-state index contributed by atoms with van der Waals surface area (Å²) in [4.78, 5) is 39.8. The van der Waals surface area contributed by atoms with E-state index in [1.165, 1.54) is 0 Å². The third kappa shape index (κ3) is 4.61. The number of nitrogens with one attached hydrogen (secondary N) is 1. The van der Waals surface area contributed by atoms with Crippen molar-refractivity contribution in [3.63, 3.8) is 0 Å². The van der Waals surface area contributed by atoms with Crippen LogP contribution in [0.1, 0.15) is 16.2 Å². The molecule has 40 heavy (non-hydrogen) atoms. The van der Waals surface area contributed by atoms with Crippen LogP contribution < -0.4 is 24.6 Å². The Morgan fingerprint density at radius 2 is 1.82 bits per heavy atom. The van der Waals surface area contributed by atoms with Crippen LogP contribution in [0.4, 0.5) is 17.3 Å². The molecule has 0 saturated carbocycles. The minimum Gasteiger partial charge on any atom is -0.494 e. The van der Waals surface area contributed by atoms with Crippen LogP contribution in [0.5, 0.6) is 11.5 Å². The fraction of sp³-hybridized carbons (Fsp3) is 0.267. The van der Waals surface area contributed by atoms with E-state index in [0.717, 1.165) is 42.1 Å². The number of benzene rings is 2. The summed E-state index contributed by atoms with van der Waals surface area (Å²) in [5.41, 5.74) is 4.34. The summed E-state index contributed by atoms with van der Waals surface area (Å²) in [7, 11) is 3.39. The quantitative estimate of drug-likeness (QED) is 0.293. The average molecular weight is 539 g/mol. The van der Waals surface area contributed by atoms with E-state index in [9.17, 15) is 9.59 Å². The maximum absolute atomic E-state index is 13.3. The molecule has 1 amide bonds. The SMILES string of the molecule is COc1cnc(N2CCN3c4ccc(NC(=O)C(=O)c5c(-c6ccccc6)cc(C)n5C)cc4OCC3C2)nc1. The Balaban J connectivity index is 1.16. The van der Waals surface area contributed by atoms with E-state index in [4.69, 9.17) is 9.47 Å². The summed E-state index contributed by atoms with van der Waals surface area (Å²) in [6.07, 6.45) is 3.34. The monoisotopic (exact) mass is 538 g/mol. The summed E-state index contributed by atoms with van der Waals surface area (Å²) in [6.45, 7) is 4.65. The molecule has 2 aliphatic rings. The zero-order valence-electron chi connectivity index (χ0n) is 22.6. The molecular weight excluding hydrogens is 508 g/mol. The Morgan fingerprint density at radius 1 is 1.05 bits per heavy atom. The number of nitrogens with zero attached hydrogens (tertiary/aromatic N) is 5. The predicted octanol–water partition coefficient (Wildman–Crippen LogP) is 3.71. The van der Waals surface area contributed by atoms with Gasteiger partial charge in [-0.3, -0.25) is 9.59 Å². The normalized spacial score (nSPS) is 16.0. The number of aryl methyl sites for hydroxylation is 1. The fourth-order valence-corrected chi connectivity index (χ4v) is 5.34. The van der Waals surface area contributed by atoms with Gasteiger partial charge in [0.1, 0.15) is 18.1 Å². The van der Waals surface area contributed by atoms with Gasteiger partial charge in [0.25, 0.3) is 11.7 Å². The third-order valence-electron chi connectivity index (χ3n) is 7.55. The summed E-state index contributed by atoms with van der Waals surface area (Å²) in [5, 5.41) is 2.78. The summed E-state index contributed by atoms with van der Waals surface area (Å²) >= 11 is 0. The lowest BCUT2D eigenvalue weighted by molar-refractivity contribution is -0.112. The molecule has 1 unspecified atom stereocenters. The molecular formula is C30H30N6O4. The Labute approximate surface area is 232 Å². The van der Waals surface area contributed by atoms with Gasteiger partial charge in [-0.15, -0.1) is 0 Å².